The second-order valence-corrected chi connectivity index (χ2v) is 10.0. The van der Waals surface area contributed by atoms with Crippen LogP contribution in [-0.4, -0.2) is 77.3 Å². The molecular weight excluding hydrogens is 566 g/mol. The summed E-state index contributed by atoms with van der Waals surface area (Å²) in [5.41, 5.74) is -0.592. The highest BCUT2D eigenvalue weighted by atomic mass is 32.2. The fourth-order valence-corrected chi connectivity index (χ4v) is 5.30. The molecule has 222 valence electrons. The number of aromatic amines is 1. The molecule has 1 N–H and O–H groups in total. The number of thioether (sulfide) groups is 1. The highest BCUT2D eigenvalue weighted by Gasteiger charge is 2.52. The molecule has 0 amide bonds. The Labute approximate surface area is 238 Å². The van der Waals surface area contributed by atoms with Gasteiger partial charge in [-0.05, 0) is 6.07 Å². The Morgan fingerprint density at radius 3 is 1.80 bits per heavy atom. The van der Waals surface area contributed by atoms with E-state index in [4.69, 9.17) is 33.2 Å². The third kappa shape index (κ3) is 8.44. The molecule has 1 aliphatic heterocycles. The van der Waals surface area contributed by atoms with Crippen molar-refractivity contribution in [3.8, 4) is 11.5 Å². The molecule has 15 heteroatoms. The Morgan fingerprint density at radius 2 is 1.27 bits per heavy atom. The molecule has 0 radical (unpaired) electrons. The maximum Gasteiger partial charge on any atom is 0.308 e. The summed E-state index contributed by atoms with van der Waals surface area (Å²) in [6.07, 6.45) is -3.43. The number of ether oxygens (including phenoxy) is 7. The van der Waals surface area contributed by atoms with Gasteiger partial charge in [0.15, 0.2) is 29.8 Å². The van der Waals surface area contributed by atoms with Gasteiger partial charge in [-0.1, -0.05) is 11.8 Å². The molecule has 14 nitrogen and oxygen atoms in total. The number of fused-ring (bicyclic) bond motifs is 1. The lowest BCUT2D eigenvalue weighted by Crippen LogP contribution is -2.61. The Morgan fingerprint density at radius 1 is 0.732 bits per heavy atom. The van der Waals surface area contributed by atoms with E-state index in [1.807, 2.05) is 0 Å². The predicted octanol–water partition coefficient (Wildman–Crippen LogP) is 2.19. The minimum absolute atomic E-state index is 0.00546. The number of rotatable bonds is 9. The summed E-state index contributed by atoms with van der Waals surface area (Å²) in [5, 5.41) is 0.509. The molecular formula is C26H29NO13S. The van der Waals surface area contributed by atoms with Crippen molar-refractivity contribution in [2.24, 2.45) is 0 Å². The van der Waals surface area contributed by atoms with E-state index in [1.165, 1.54) is 32.9 Å². The first-order chi connectivity index (χ1) is 19.2. The standard InChI is InChI=1S/C26H29NO13S/c1-11(28)34-10-21-23(37-14(4)31)24(38-15(5)32)25(39-16(6)33)26(40-21)41-22-9-27-18-8-20(36-13(3)30)19(7-17(18)22)35-12(2)29/h7-9,21,23-27H,10H2,1-6H3/t21-,23+,24+,25-,26+/m1/s1. The van der Waals surface area contributed by atoms with E-state index in [0.717, 1.165) is 32.5 Å². The van der Waals surface area contributed by atoms with Crippen molar-refractivity contribution in [1.82, 2.24) is 4.98 Å². The average Bonchev–Trinajstić information content (AvgIpc) is 3.21. The Hall–Kier alpha value is -4.11. The number of nitrogens with one attached hydrogen (secondary N) is 1. The minimum atomic E-state index is -1.33. The van der Waals surface area contributed by atoms with Gasteiger partial charge < -0.3 is 38.1 Å². The van der Waals surface area contributed by atoms with Crippen LogP contribution in [0.2, 0.25) is 0 Å². The fourth-order valence-electron chi connectivity index (χ4n) is 4.08. The van der Waals surface area contributed by atoms with Crippen molar-refractivity contribution in [2.75, 3.05) is 6.61 Å². The maximum atomic E-state index is 12.1. The third-order valence-corrected chi connectivity index (χ3v) is 6.61. The van der Waals surface area contributed by atoms with Crippen LogP contribution in [-0.2, 0) is 52.5 Å². The molecule has 1 aromatic carbocycles. The number of H-pyrrole nitrogens is 1. The van der Waals surface area contributed by atoms with E-state index in [-0.39, 0.29) is 18.1 Å². The van der Waals surface area contributed by atoms with Crippen molar-refractivity contribution >= 4 is 58.5 Å². The first kappa shape index (κ1) is 31.4. The minimum Gasteiger partial charge on any atom is -0.463 e. The summed E-state index contributed by atoms with van der Waals surface area (Å²) in [4.78, 5) is 74.4. The topological polar surface area (TPSA) is 183 Å². The molecule has 1 aromatic heterocycles. The van der Waals surface area contributed by atoms with E-state index in [0.29, 0.717) is 15.8 Å². The summed E-state index contributed by atoms with van der Waals surface area (Å²) in [5.74, 6) is -4.16. The monoisotopic (exact) mass is 595 g/mol. The first-order valence-electron chi connectivity index (χ1n) is 12.2. The number of esters is 6. The lowest BCUT2D eigenvalue weighted by Gasteiger charge is -2.44. The van der Waals surface area contributed by atoms with Crippen LogP contribution in [0.15, 0.2) is 23.2 Å². The molecule has 0 aliphatic carbocycles. The summed E-state index contributed by atoms with van der Waals surface area (Å²) in [6, 6.07) is 2.94. The number of aromatic nitrogens is 1. The highest BCUT2D eigenvalue weighted by molar-refractivity contribution is 8.00. The molecule has 1 aliphatic rings. The summed E-state index contributed by atoms with van der Waals surface area (Å²) in [6.45, 7) is 6.60. The van der Waals surface area contributed by atoms with E-state index in [9.17, 15) is 28.8 Å². The zero-order valence-electron chi connectivity index (χ0n) is 23.0. The predicted molar refractivity (Wildman–Crippen MR) is 139 cm³/mol. The van der Waals surface area contributed by atoms with Crippen LogP contribution in [0.4, 0.5) is 0 Å². The lowest BCUT2D eigenvalue weighted by atomic mass is 9.99. The molecule has 2 heterocycles. The second kappa shape index (κ2) is 13.5. The van der Waals surface area contributed by atoms with E-state index in [1.54, 1.807) is 6.20 Å². The van der Waals surface area contributed by atoms with E-state index >= 15 is 0 Å². The lowest BCUT2D eigenvalue weighted by molar-refractivity contribution is -0.237. The van der Waals surface area contributed by atoms with Gasteiger partial charge in [-0.15, -0.1) is 0 Å². The van der Waals surface area contributed by atoms with Crippen molar-refractivity contribution in [2.45, 2.75) is 76.3 Å². The van der Waals surface area contributed by atoms with Crippen molar-refractivity contribution < 1.29 is 61.9 Å². The van der Waals surface area contributed by atoms with Crippen molar-refractivity contribution in [1.29, 1.82) is 0 Å². The molecule has 3 rings (SSSR count). The molecule has 0 spiro atoms. The smallest absolute Gasteiger partial charge is 0.308 e. The molecule has 5 atom stereocenters. The number of benzene rings is 1. The van der Waals surface area contributed by atoms with Gasteiger partial charge in [0.2, 0.25) is 0 Å². The highest BCUT2D eigenvalue weighted by Crippen LogP contribution is 2.42. The van der Waals surface area contributed by atoms with Gasteiger partial charge in [-0.3, -0.25) is 28.8 Å². The number of carbonyl (C=O) groups is 6. The van der Waals surface area contributed by atoms with Gasteiger partial charge in [0.25, 0.3) is 0 Å². The Balaban J connectivity index is 2.08. The zero-order chi connectivity index (χ0) is 30.4. The SMILES string of the molecule is CC(=O)OC[C@H]1O[C@@H](Sc2c[nH]c3cc(OC(C)=O)c(OC(C)=O)cc23)[C@H](OC(C)=O)[C@@H](OC(C)=O)[C@H]1OC(C)=O. The van der Waals surface area contributed by atoms with E-state index in [2.05, 4.69) is 4.98 Å². The van der Waals surface area contributed by atoms with Gasteiger partial charge in [-0.2, -0.15) is 0 Å². The summed E-state index contributed by atoms with van der Waals surface area (Å²) < 4.78 is 38.0. The number of hydrogen-bond acceptors (Lipinski definition) is 14. The Bertz CT molecular complexity index is 1350. The molecule has 41 heavy (non-hydrogen) atoms. The quantitative estimate of drug-likeness (QED) is 0.253. The summed E-state index contributed by atoms with van der Waals surface area (Å²) >= 11 is 1.04. The maximum absolute atomic E-state index is 12.1. The van der Waals surface area contributed by atoms with Gasteiger partial charge in [0.1, 0.15) is 18.1 Å². The molecule has 0 unspecified atom stereocenters. The molecule has 0 bridgehead atoms. The van der Waals surface area contributed by atoms with E-state index < -0.39 is 65.7 Å². The van der Waals surface area contributed by atoms with Gasteiger partial charge in [0, 0.05) is 64.1 Å². The van der Waals surface area contributed by atoms with Crippen LogP contribution < -0.4 is 9.47 Å². The molecule has 1 saturated heterocycles. The van der Waals surface area contributed by atoms with Crippen LogP contribution in [0, 0.1) is 0 Å². The number of carbonyl (C=O) groups excluding carboxylic acids is 6. The van der Waals surface area contributed by atoms with Crippen molar-refractivity contribution in [3.63, 3.8) is 0 Å². The number of hydrogen-bond donors (Lipinski definition) is 1. The van der Waals surface area contributed by atoms with Crippen LogP contribution >= 0.6 is 11.8 Å². The third-order valence-electron chi connectivity index (χ3n) is 5.41. The normalized spacial score (nSPS) is 21.9. The second-order valence-electron chi connectivity index (χ2n) is 8.87. The van der Waals surface area contributed by atoms with Crippen LogP contribution in [0.3, 0.4) is 0 Å². The van der Waals surface area contributed by atoms with Crippen molar-refractivity contribution in [3.05, 3.63) is 18.3 Å². The van der Waals surface area contributed by atoms with Crippen LogP contribution in [0.1, 0.15) is 41.5 Å². The Kier molecular flexibility index (Phi) is 10.3. The summed E-state index contributed by atoms with van der Waals surface area (Å²) in [7, 11) is 0. The molecule has 1 fully saturated rings. The zero-order valence-corrected chi connectivity index (χ0v) is 23.9. The van der Waals surface area contributed by atoms with Gasteiger partial charge in [0.05, 0.1) is 5.52 Å². The van der Waals surface area contributed by atoms with Crippen LogP contribution in [0.5, 0.6) is 11.5 Å². The van der Waals surface area contributed by atoms with Gasteiger partial charge in [-0.25, -0.2) is 0 Å². The molecule has 0 saturated carbocycles. The largest absolute Gasteiger partial charge is 0.463 e. The van der Waals surface area contributed by atoms with Crippen LogP contribution in [0.25, 0.3) is 10.9 Å². The molecule has 2 aromatic rings. The average molecular weight is 596 g/mol. The fraction of sp³-hybridized carbons (Fsp3) is 0.462. The first-order valence-corrected chi connectivity index (χ1v) is 13.1. The van der Waals surface area contributed by atoms with Gasteiger partial charge >= 0.3 is 35.8 Å².